The van der Waals surface area contributed by atoms with Gasteiger partial charge in [-0.05, 0) is 12.3 Å². The SMILES string of the molecule is C[C@@H]1C[C@H](C(=O)O)O[C@H]1C[NH3+]. The first-order valence-electron chi connectivity index (χ1n) is 3.82. The molecule has 0 radical (unpaired) electrons. The van der Waals surface area contributed by atoms with Crippen molar-refractivity contribution < 1.29 is 20.4 Å². The quantitative estimate of drug-likeness (QED) is 0.550. The summed E-state index contributed by atoms with van der Waals surface area (Å²) in [6.45, 7) is 2.66. The summed E-state index contributed by atoms with van der Waals surface area (Å²) in [5.74, 6) is -0.526. The average molecular weight is 160 g/mol. The Labute approximate surface area is 65.3 Å². The lowest BCUT2D eigenvalue weighted by molar-refractivity contribution is -0.386. The zero-order chi connectivity index (χ0) is 8.43. The van der Waals surface area contributed by atoms with Crippen molar-refractivity contribution in [2.45, 2.75) is 25.6 Å². The molecule has 0 aliphatic carbocycles. The van der Waals surface area contributed by atoms with Crippen LogP contribution < -0.4 is 5.73 Å². The fourth-order valence-corrected chi connectivity index (χ4v) is 1.40. The number of carboxylic acids is 1. The first-order valence-corrected chi connectivity index (χ1v) is 3.82. The molecular weight excluding hydrogens is 146 g/mol. The molecule has 4 N–H and O–H groups in total. The Hall–Kier alpha value is -0.610. The first-order chi connectivity index (χ1) is 5.15. The highest BCUT2D eigenvalue weighted by Gasteiger charge is 2.36. The number of quaternary nitrogens is 1. The van der Waals surface area contributed by atoms with E-state index in [0.717, 1.165) is 0 Å². The number of carbonyl (C=O) groups is 1. The normalized spacial score (nSPS) is 37.5. The van der Waals surface area contributed by atoms with E-state index in [4.69, 9.17) is 9.84 Å². The third-order valence-corrected chi connectivity index (χ3v) is 2.12. The first kappa shape index (κ1) is 8.49. The molecule has 4 nitrogen and oxygen atoms in total. The molecule has 0 aromatic carbocycles. The molecule has 0 spiro atoms. The number of ether oxygens (including phenoxy) is 1. The van der Waals surface area contributed by atoms with Gasteiger partial charge in [0, 0.05) is 0 Å². The molecular formula is C7H14NO3+. The number of aliphatic carboxylic acids is 1. The van der Waals surface area contributed by atoms with Crippen molar-refractivity contribution in [1.29, 1.82) is 0 Å². The molecule has 1 aliphatic rings. The third-order valence-electron chi connectivity index (χ3n) is 2.12. The highest BCUT2D eigenvalue weighted by Crippen LogP contribution is 2.24. The minimum atomic E-state index is -0.854. The van der Waals surface area contributed by atoms with Gasteiger partial charge in [-0.2, -0.15) is 0 Å². The van der Waals surface area contributed by atoms with Crippen molar-refractivity contribution in [3.05, 3.63) is 0 Å². The Balaban J connectivity index is 2.49. The maximum atomic E-state index is 10.5. The van der Waals surface area contributed by atoms with E-state index in [1.165, 1.54) is 0 Å². The molecule has 11 heavy (non-hydrogen) atoms. The number of hydrogen-bond acceptors (Lipinski definition) is 2. The Morgan fingerprint density at radius 1 is 1.82 bits per heavy atom. The Kier molecular flexibility index (Phi) is 2.46. The smallest absolute Gasteiger partial charge is 0.332 e. The second-order valence-electron chi connectivity index (χ2n) is 3.00. The highest BCUT2D eigenvalue weighted by molar-refractivity contribution is 5.72. The molecule has 1 aliphatic heterocycles. The van der Waals surface area contributed by atoms with E-state index in [1.54, 1.807) is 0 Å². The minimum Gasteiger partial charge on any atom is -0.479 e. The Morgan fingerprint density at radius 3 is 2.73 bits per heavy atom. The highest BCUT2D eigenvalue weighted by atomic mass is 16.5. The number of hydrogen-bond donors (Lipinski definition) is 2. The van der Waals surface area contributed by atoms with Gasteiger partial charge in [0.2, 0.25) is 0 Å². The summed E-state index contributed by atoms with van der Waals surface area (Å²) in [5, 5.41) is 8.60. The summed E-state index contributed by atoms with van der Waals surface area (Å²) in [5.41, 5.74) is 3.69. The number of rotatable bonds is 2. The van der Waals surface area contributed by atoms with Gasteiger partial charge in [0.15, 0.2) is 6.10 Å². The van der Waals surface area contributed by atoms with Gasteiger partial charge in [0.25, 0.3) is 0 Å². The van der Waals surface area contributed by atoms with Gasteiger partial charge in [-0.3, -0.25) is 0 Å². The van der Waals surface area contributed by atoms with E-state index in [2.05, 4.69) is 5.73 Å². The lowest BCUT2D eigenvalue weighted by Crippen LogP contribution is -2.56. The Morgan fingerprint density at radius 2 is 2.45 bits per heavy atom. The number of carboxylic acid groups (broad SMARTS) is 1. The van der Waals surface area contributed by atoms with Gasteiger partial charge >= 0.3 is 5.97 Å². The molecule has 0 amide bonds. The second kappa shape index (κ2) is 3.19. The monoisotopic (exact) mass is 160 g/mol. The van der Waals surface area contributed by atoms with Crippen molar-refractivity contribution in [1.82, 2.24) is 0 Å². The molecule has 1 fully saturated rings. The molecule has 1 heterocycles. The van der Waals surface area contributed by atoms with E-state index in [-0.39, 0.29) is 6.10 Å². The van der Waals surface area contributed by atoms with Crippen LogP contribution in [0.5, 0.6) is 0 Å². The van der Waals surface area contributed by atoms with Gasteiger partial charge in [-0.15, -0.1) is 0 Å². The van der Waals surface area contributed by atoms with Crippen LogP contribution in [0.3, 0.4) is 0 Å². The lowest BCUT2D eigenvalue weighted by Gasteiger charge is -2.08. The summed E-state index contributed by atoms with van der Waals surface area (Å²) in [7, 11) is 0. The maximum Gasteiger partial charge on any atom is 0.332 e. The molecule has 0 saturated carbocycles. The van der Waals surface area contributed by atoms with Crippen LogP contribution in [-0.2, 0) is 9.53 Å². The predicted octanol–water partition coefficient (Wildman–Crippen LogP) is -0.893. The van der Waals surface area contributed by atoms with Crippen LogP contribution in [0.1, 0.15) is 13.3 Å². The summed E-state index contributed by atoms with van der Waals surface area (Å²) < 4.78 is 5.22. The molecule has 64 valence electrons. The standard InChI is InChI=1S/C7H13NO3/c1-4-2-5(7(9)10)11-6(4)3-8/h4-6H,2-3,8H2,1H3,(H,9,10)/p+1/t4-,5-,6+/m1/s1. The lowest BCUT2D eigenvalue weighted by atomic mass is 10.0. The molecule has 0 bridgehead atoms. The molecule has 4 heteroatoms. The summed E-state index contributed by atoms with van der Waals surface area (Å²) >= 11 is 0. The summed E-state index contributed by atoms with van der Waals surface area (Å²) in [6.07, 6.45) is 0.0584. The topological polar surface area (TPSA) is 74.2 Å². The van der Waals surface area contributed by atoms with E-state index >= 15 is 0 Å². The van der Waals surface area contributed by atoms with Gasteiger partial charge < -0.3 is 15.6 Å². The summed E-state index contributed by atoms with van der Waals surface area (Å²) in [4.78, 5) is 10.5. The van der Waals surface area contributed by atoms with E-state index in [9.17, 15) is 4.79 Å². The average Bonchev–Trinajstić information content (AvgIpc) is 2.31. The predicted molar refractivity (Wildman–Crippen MR) is 37.8 cm³/mol. The third kappa shape index (κ3) is 1.70. The van der Waals surface area contributed by atoms with Crippen LogP contribution in [0.25, 0.3) is 0 Å². The largest absolute Gasteiger partial charge is 0.479 e. The van der Waals surface area contributed by atoms with Crippen LogP contribution in [-0.4, -0.2) is 29.8 Å². The van der Waals surface area contributed by atoms with Gasteiger partial charge in [-0.1, -0.05) is 6.92 Å². The van der Waals surface area contributed by atoms with E-state index in [0.29, 0.717) is 18.9 Å². The molecule has 3 atom stereocenters. The minimum absolute atomic E-state index is 0.0381. The molecule has 0 aromatic rings. The van der Waals surface area contributed by atoms with Crippen molar-refractivity contribution in [2.24, 2.45) is 5.92 Å². The fourth-order valence-electron chi connectivity index (χ4n) is 1.40. The second-order valence-corrected chi connectivity index (χ2v) is 3.00. The van der Waals surface area contributed by atoms with E-state index in [1.807, 2.05) is 6.92 Å². The zero-order valence-corrected chi connectivity index (χ0v) is 6.62. The molecule has 0 aromatic heterocycles. The van der Waals surface area contributed by atoms with Crippen LogP contribution in [0.2, 0.25) is 0 Å². The van der Waals surface area contributed by atoms with Gasteiger partial charge in [0.05, 0.1) is 0 Å². The van der Waals surface area contributed by atoms with Crippen molar-refractivity contribution in [3.63, 3.8) is 0 Å². The van der Waals surface area contributed by atoms with Crippen molar-refractivity contribution >= 4 is 5.97 Å². The van der Waals surface area contributed by atoms with Crippen molar-refractivity contribution in [2.75, 3.05) is 6.54 Å². The van der Waals surface area contributed by atoms with Crippen molar-refractivity contribution in [3.8, 4) is 0 Å². The zero-order valence-electron chi connectivity index (χ0n) is 6.62. The summed E-state index contributed by atoms with van der Waals surface area (Å²) in [6, 6.07) is 0. The fraction of sp³-hybridized carbons (Fsp3) is 0.857. The molecule has 1 rings (SSSR count). The Bertz CT molecular complexity index is 160. The molecule has 0 unspecified atom stereocenters. The maximum absolute atomic E-state index is 10.5. The van der Waals surface area contributed by atoms with Crippen LogP contribution in [0.15, 0.2) is 0 Å². The van der Waals surface area contributed by atoms with Crippen LogP contribution >= 0.6 is 0 Å². The molecule has 1 saturated heterocycles. The van der Waals surface area contributed by atoms with E-state index < -0.39 is 12.1 Å². The van der Waals surface area contributed by atoms with Crippen LogP contribution in [0, 0.1) is 5.92 Å². The van der Waals surface area contributed by atoms with Gasteiger partial charge in [-0.25, -0.2) is 4.79 Å². The van der Waals surface area contributed by atoms with Gasteiger partial charge in [0.1, 0.15) is 12.6 Å². The van der Waals surface area contributed by atoms with Crippen LogP contribution in [0.4, 0.5) is 0 Å².